The molecule has 146 valence electrons. The van der Waals surface area contributed by atoms with Gasteiger partial charge in [-0.2, -0.15) is 0 Å². The Morgan fingerprint density at radius 1 is 1.07 bits per heavy atom. The second kappa shape index (κ2) is 6.94. The second-order valence-electron chi connectivity index (χ2n) is 6.74. The van der Waals surface area contributed by atoms with Crippen LogP contribution in [0.4, 0.5) is 5.69 Å². The molecule has 2 aromatic heterocycles. The normalized spacial score (nSPS) is 11.0. The van der Waals surface area contributed by atoms with Crippen LogP contribution in [0.5, 0.6) is 5.75 Å². The van der Waals surface area contributed by atoms with E-state index in [1.807, 2.05) is 13.0 Å². The van der Waals surface area contributed by atoms with E-state index < -0.39 is 11.5 Å². The molecule has 0 aliphatic carbocycles. The van der Waals surface area contributed by atoms with Crippen LogP contribution in [0.15, 0.2) is 56.5 Å². The van der Waals surface area contributed by atoms with E-state index in [4.69, 9.17) is 9.15 Å². The molecule has 0 unspecified atom stereocenters. The first-order valence-corrected chi connectivity index (χ1v) is 8.94. The fourth-order valence-electron chi connectivity index (χ4n) is 3.28. The van der Waals surface area contributed by atoms with Crippen LogP contribution in [0.2, 0.25) is 0 Å². The van der Waals surface area contributed by atoms with Crippen molar-refractivity contribution in [2.75, 3.05) is 12.4 Å². The SMILES string of the molecule is COc1cccc2cc(C(=O)Nc3ccc4c(C)c(C)c(=O)[nH]c4c3)c(=O)oc12. The van der Waals surface area contributed by atoms with E-state index >= 15 is 0 Å². The Kier molecular flexibility index (Phi) is 4.43. The summed E-state index contributed by atoms with van der Waals surface area (Å²) >= 11 is 0. The molecule has 0 radical (unpaired) electrons. The quantitative estimate of drug-likeness (QED) is 0.521. The topological polar surface area (TPSA) is 101 Å². The number of rotatable bonds is 3. The Balaban J connectivity index is 1.73. The van der Waals surface area contributed by atoms with Crippen molar-refractivity contribution in [1.82, 2.24) is 4.98 Å². The maximum absolute atomic E-state index is 12.7. The maximum atomic E-state index is 12.7. The van der Waals surface area contributed by atoms with Gasteiger partial charge in [0.25, 0.3) is 11.5 Å². The van der Waals surface area contributed by atoms with Gasteiger partial charge in [0.05, 0.1) is 12.6 Å². The summed E-state index contributed by atoms with van der Waals surface area (Å²) in [5, 5.41) is 4.14. The number of benzene rings is 2. The molecule has 4 rings (SSSR count). The van der Waals surface area contributed by atoms with Gasteiger partial charge in [-0.25, -0.2) is 4.79 Å². The minimum absolute atomic E-state index is 0.126. The van der Waals surface area contributed by atoms with Crippen molar-refractivity contribution in [3.8, 4) is 5.75 Å². The number of amides is 1. The summed E-state index contributed by atoms with van der Waals surface area (Å²) < 4.78 is 10.5. The molecule has 0 saturated carbocycles. The summed E-state index contributed by atoms with van der Waals surface area (Å²) in [7, 11) is 1.47. The predicted octanol–water partition coefficient (Wildman–Crippen LogP) is 3.51. The molecule has 7 nitrogen and oxygen atoms in total. The lowest BCUT2D eigenvalue weighted by Crippen LogP contribution is -2.20. The summed E-state index contributed by atoms with van der Waals surface area (Å²) in [4.78, 5) is 39.8. The van der Waals surface area contributed by atoms with Gasteiger partial charge in [0.1, 0.15) is 5.56 Å². The average Bonchev–Trinajstić information content (AvgIpc) is 2.71. The van der Waals surface area contributed by atoms with Gasteiger partial charge in [-0.3, -0.25) is 9.59 Å². The number of hydrogen-bond acceptors (Lipinski definition) is 5. The van der Waals surface area contributed by atoms with E-state index in [0.29, 0.717) is 27.9 Å². The molecule has 2 heterocycles. The van der Waals surface area contributed by atoms with Crippen molar-refractivity contribution in [3.63, 3.8) is 0 Å². The van der Waals surface area contributed by atoms with Crippen molar-refractivity contribution in [2.24, 2.45) is 0 Å². The molecule has 0 saturated heterocycles. The number of fused-ring (bicyclic) bond motifs is 2. The van der Waals surface area contributed by atoms with Gasteiger partial charge >= 0.3 is 5.63 Å². The minimum Gasteiger partial charge on any atom is -0.493 e. The van der Waals surface area contributed by atoms with Crippen molar-refractivity contribution in [1.29, 1.82) is 0 Å². The summed E-state index contributed by atoms with van der Waals surface area (Å²) in [5.74, 6) is -0.190. The summed E-state index contributed by atoms with van der Waals surface area (Å²) in [6, 6.07) is 11.8. The van der Waals surface area contributed by atoms with Crippen LogP contribution in [0.25, 0.3) is 21.9 Å². The predicted molar refractivity (Wildman–Crippen MR) is 111 cm³/mol. The van der Waals surface area contributed by atoms with E-state index in [-0.39, 0.29) is 16.7 Å². The first-order chi connectivity index (χ1) is 13.9. The Hall–Kier alpha value is -3.87. The van der Waals surface area contributed by atoms with Gasteiger partial charge in [0.15, 0.2) is 11.3 Å². The van der Waals surface area contributed by atoms with E-state index in [0.717, 1.165) is 10.9 Å². The first-order valence-electron chi connectivity index (χ1n) is 8.94. The van der Waals surface area contributed by atoms with Crippen LogP contribution >= 0.6 is 0 Å². The number of anilines is 1. The number of carbonyl (C=O) groups is 1. The van der Waals surface area contributed by atoms with Crippen LogP contribution in [0, 0.1) is 13.8 Å². The largest absolute Gasteiger partial charge is 0.493 e. The van der Waals surface area contributed by atoms with Crippen LogP contribution in [-0.2, 0) is 0 Å². The smallest absolute Gasteiger partial charge is 0.349 e. The molecule has 29 heavy (non-hydrogen) atoms. The van der Waals surface area contributed by atoms with Crippen molar-refractivity contribution in [2.45, 2.75) is 13.8 Å². The third-order valence-electron chi connectivity index (χ3n) is 5.02. The first kappa shape index (κ1) is 18.5. The zero-order valence-corrected chi connectivity index (χ0v) is 16.1. The molecule has 0 fully saturated rings. The van der Waals surface area contributed by atoms with Gasteiger partial charge < -0.3 is 19.5 Å². The fourth-order valence-corrected chi connectivity index (χ4v) is 3.28. The molecule has 0 atom stereocenters. The Morgan fingerprint density at radius 3 is 2.62 bits per heavy atom. The van der Waals surface area contributed by atoms with E-state index in [9.17, 15) is 14.4 Å². The lowest BCUT2D eigenvalue weighted by atomic mass is 10.1. The van der Waals surface area contributed by atoms with Crippen molar-refractivity contribution < 1.29 is 13.9 Å². The highest BCUT2D eigenvalue weighted by atomic mass is 16.5. The maximum Gasteiger partial charge on any atom is 0.349 e. The average molecular weight is 390 g/mol. The molecule has 2 aromatic carbocycles. The van der Waals surface area contributed by atoms with Gasteiger partial charge in [0, 0.05) is 22.0 Å². The monoisotopic (exact) mass is 390 g/mol. The second-order valence-corrected chi connectivity index (χ2v) is 6.74. The van der Waals surface area contributed by atoms with Crippen molar-refractivity contribution >= 4 is 33.5 Å². The number of carbonyl (C=O) groups excluding carboxylic acids is 1. The zero-order chi connectivity index (χ0) is 20.7. The number of para-hydroxylation sites is 1. The molecule has 0 spiro atoms. The fraction of sp³-hybridized carbons (Fsp3) is 0.136. The molecule has 0 aliphatic rings. The molecular weight excluding hydrogens is 372 g/mol. The summed E-state index contributed by atoms with van der Waals surface area (Å²) in [6.45, 7) is 3.64. The number of nitrogens with one attached hydrogen (secondary N) is 2. The Bertz CT molecular complexity index is 1400. The molecule has 1 amide bonds. The number of aromatic nitrogens is 1. The van der Waals surface area contributed by atoms with Crippen LogP contribution in [0.3, 0.4) is 0 Å². The Morgan fingerprint density at radius 2 is 1.86 bits per heavy atom. The minimum atomic E-state index is -0.764. The number of H-pyrrole nitrogens is 1. The molecule has 4 aromatic rings. The number of aryl methyl sites for hydroxylation is 1. The Labute approximate surface area is 164 Å². The summed E-state index contributed by atoms with van der Waals surface area (Å²) in [5.41, 5.74) is 1.80. The number of pyridine rings is 1. The summed E-state index contributed by atoms with van der Waals surface area (Å²) in [6.07, 6.45) is 0. The van der Waals surface area contributed by atoms with Gasteiger partial charge in [0.2, 0.25) is 0 Å². The number of ether oxygens (including phenoxy) is 1. The van der Waals surface area contributed by atoms with Gasteiger partial charge in [-0.1, -0.05) is 18.2 Å². The number of hydrogen-bond donors (Lipinski definition) is 2. The molecular formula is C22H18N2O5. The highest BCUT2D eigenvalue weighted by Crippen LogP contribution is 2.25. The van der Waals surface area contributed by atoms with Crippen LogP contribution in [-0.4, -0.2) is 18.0 Å². The van der Waals surface area contributed by atoms with E-state index in [2.05, 4.69) is 10.3 Å². The van der Waals surface area contributed by atoms with Crippen molar-refractivity contribution in [3.05, 3.63) is 79.9 Å². The van der Waals surface area contributed by atoms with E-state index in [1.165, 1.54) is 13.2 Å². The van der Waals surface area contributed by atoms with Gasteiger partial charge in [-0.05, 0) is 43.7 Å². The third kappa shape index (κ3) is 3.16. The van der Waals surface area contributed by atoms with Gasteiger partial charge in [-0.15, -0.1) is 0 Å². The lowest BCUT2D eigenvalue weighted by Gasteiger charge is -2.09. The van der Waals surface area contributed by atoms with Crippen LogP contribution < -0.4 is 21.2 Å². The molecule has 0 bridgehead atoms. The standard InChI is InChI=1S/C22H18N2O5/c1-11-12(2)20(25)24-17-10-14(7-8-15(11)17)23-21(26)16-9-13-5-4-6-18(28-3)19(13)29-22(16)27/h4-10H,1-3H3,(H,23,26)(H,24,25). The van der Waals surface area contributed by atoms with Crippen LogP contribution in [0.1, 0.15) is 21.5 Å². The lowest BCUT2D eigenvalue weighted by molar-refractivity contribution is 0.102. The molecule has 0 aliphatic heterocycles. The number of methoxy groups -OCH3 is 1. The highest BCUT2D eigenvalue weighted by molar-refractivity contribution is 6.06. The highest BCUT2D eigenvalue weighted by Gasteiger charge is 2.16. The molecule has 7 heteroatoms. The third-order valence-corrected chi connectivity index (χ3v) is 5.02. The zero-order valence-electron chi connectivity index (χ0n) is 16.1. The van der Waals surface area contributed by atoms with E-state index in [1.54, 1.807) is 37.3 Å². The number of aromatic amines is 1. The molecule has 2 N–H and O–H groups in total.